The monoisotopic (exact) mass is 287 g/mol. The first-order chi connectivity index (χ1) is 7.54. The first-order valence-electron chi connectivity index (χ1n) is 5.21. The van der Waals surface area contributed by atoms with Crippen LogP contribution in [0, 0.1) is 11.7 Å². The molecule has 0 aromatic heterocycles. The van der Waals surface area contributed by atoms with Crippen molar-refractivity contribution in [3.8, 4) is 0 Å². The fourth-order valence-electron chi connectivity index (χ4n) is 1.44. The van der Waals surface area contributed by atoms with Gasteiger partial charge in [-0.15, -0.1) is 0 Å². The van der Waals surface area contributed by atoms with E-state index < -0.39 is 0 Å². The Bertz CT molecular complexity index is 381. The molecule has 16 heavy (non-hydrogen) atoms. The van der Waals surface area contributed by atoms with E-state index in [1.807, 2.05) is 6.92 Å². The lowest BCUT2D eigenvalue weighted by Crippen LogP contribution is -2.17. The van der Waals surface area contributed by atoms with Crippen molar-refractivity contribution in [2.24, 2.45) is 11.7 Å². The first kappa shape index (κ1) is 13.3. The van der Waals surface area contributed by atoms with Gasteiger partial charge >= 0.3 is 0 Å². The topological polar surface area (TPSA) is 43.1 Å². The zero-order valence-corrected chi connectivity index (χ0v) is 10.8. The van der Waals surface area contributed by atoms with Gasteiger partial charge in [0.2, 0.25) is 0 Å². The smallest absolute Gasteiger partial charge is 0.140 e. The molecule has 1 atom stereocenters. The summed E-state index contributed by atoms with van der Waals surface area (Å²) >= 11 is 3.25. The predicted molar refractivity (Wildman–Crippen MR) is 65.6 cm³/mol. The molecule has 2 nitrogen and oxygen atoms in total. The van der Waals surface area contributed by atoms with Gasteiger partial charge in [-0.05, 0) is 30.7 Å². The van der Waals surface area contributed by atoms with Gasteiger partial charge in [0, 0.05) is 16.8 Å². The van der Waals surface area contributed by atoms with Crippen LogP contribution in [0.3, 0.4) is 0 Å². The van der Waals surface area contributed by atoms with Gasteiger partial charge in [0.25, 0.3) is 0 Å². The number of ketones is 1. The van der Waals surface area contributed by atoms with Crippen LogP contribution >= 0.6 is 15.9 Å². The summed E-state index contributed by atoms with van der Waals surface area (Å²) in [6.45, 7) is 2.38. The van der Waals surface area contributed by atoms with Gasteiger partial charge in [-0.3, -0.25) is 4.79 Å². The van der Waals surface area contributed by atoms with Crippen molar-refractivity contribution in [3.63, 3.8) is 0 Å². The highest BCUT2D eigenvalue weighted by molar-refractivity contribution is 9.10. The van der Waals surface area contributed by atoms with E-state index in [-0.39, 0.29) is 17.5 Å². The molecule has 0 radical (unpaired) electrons. The number of benzene rings is 1. The molecule has 0 saturated heterocycles. The number of carbonyl (C=O) groups excluding carboxylic acids is 1. The SMILES string of the molecule is CC(CCN)C(=O)Cc1ccc(F)cc1Br. The maximum Gasteiger partial charge on any atom is 0.140 e. The fourth-order valence-corrected chi connectivity index (χ4v) is 1.93. The van der Waals surface area contributed by atoms with Crippen molar-refractivity contribution in [2.75, 3.05) is 6.54 Å². The van der Waals surface area contributed by atoms with E-state index in [0.29, 0.717) is 23.9 Å². The molecule has 0 bridgehead atoms. The lowest BCUT2D eigenvalue weighted by molar-refractivity contribution is -0.121. The van der Waals surface area contributed by atoms with E-state index in [4.69, 9.17) is 5.73 Å². The summed E-state index contributed by atoms with van der Waals surface area (Å²) in [7, 11) is 0. The second-order valence-corrected chi connectivity index (χ2v) is 4.71. The molecule has 0 aliphatic heterocycles. The highest BCUT2D eigenvalue weighted by atomic mass is 79.9. The number of hydrogen-bond acceptors (Lipinski definition) is 2. The van der Waals surface area contributed by atoms with E-state index in [1.165, 1.54) is 12.1 Å². The van der Waals surface area contributed by atoms with Gasteiger partial charge in [-0.1, -0.05) is 28.9 Å². The molecular formula is C12H15BrFNO. The summed E-state index contributed by atoms with van der Waals surface area (Å²) in [4.78, 5) is 11.8. The summed E-state index contributed by atoms with van der Waals surface area (Å²) < 4.78 is 13.5. The summed E-state index contributed by atoms with van der Waals surface area (Å²) in [5.74, 6) is -0.210. The van der Waals surface area contributed by atoms with E-state index in [1.54, 1.807) is 6.07 Å². The van der Waals surface area contributed by atoms with Crippen molar-refractivity contribution in [3.05, 3.63) is 34.1 Å². The van der Waals surface area contributed by atoms with Gasteiger partial charge in [0.1, 0.15) is 11.6 Å². The van der Waals surface area contributed by atoms with E-state index >= 15 is 0 Å². The summed E-state index contributed by atoms with van der Waals surface area (Å²) in [5, 5.41) is 0. The molecule has 1 unspecified atom stereocenters. The molecular weight excluding hydrogens is 273 g/mol. The Balaban J connectivity index is 2.69. The Morgan fingerprint density at radius 1 is 1.56 bits per heavy atom. The maximum atomic E-state index is 12.8. The minimum atomic E-state index is -0.307. The van der Waals surface area contributed by atoms with E-state index in [2.05, 4.69) is 15.9 Å². The minimum absolute atomic E-state index is 0.0399. The number of rotatable bonds is 5. The second-order valence-electron chi connectivity index (χ2n) is 3.86. The zero-order valence-electron chi connectivity index (χ0n) is 9.17. The Morgan fingerprint density at radius 3 is 2.81 bits per heavy atom. The standard InChI is InChI=1S/C12H15BrFNO/c1-8(4-5-15)12(16)6-9-2-3-10(14)7-11(9)13/h2-3,7-8H,4-6,15H2,1H3. The van der Waals surface area contributed by atoms with Gasteiger partial charge in [0.05, 0.1) is 0 Å². The molecule has 4 heteroatoms. The van der Waals surface area contributed by atoms with E-state index in [0.717, 1.165) is 5.56 Å². The fraction of sp³-hybridized carbons (Fsp3) is 0.417. The molecule has 1 aromatic rings. The number of halogens is 2. The average molecular weight is 288 g/mol. The van der Waals surface area contributed by atoms with Crippen LogP contribution in [0.1, 0.15) is 18.9 Å². The Kier molecular flexibility index (Phi) is 5.09. The molecule has 0 fully saturated rings. The van der Waals surface area contributed by atoms with Crippen LogP contribution in [0.5, 0.6) is 0 Å². The minimum Gasteiger partial charge on any atom is -0.330 e. The molecule has 0 aliphatic carbocycles. The zero-order chi connectivity index (χ0) is 12.1. The molecule has 0 spiro atoms. The Labute approximate surface area is 103 Å². The number of carbonyl (C=O) groups is 1. The largest absolute Gasteiger partial charge is 0.330 e. The molecule has 1 aromatic carbocycles. The van der Waals surface area contributed by atoms with Crippen LogP contribution in [0.2, 0.25) is 0 Å². The predicted octanol–water partition coefficient (Wildman–Crippen LogP) is 2.68. The molecule has 2 N–H and O–H groups in total. The Morgan fingerprint density at radius 2 is 2.25 bits per heavy atom. The molecule has 0 amide bonds. The highest BCUT2D eigenvalue weighted by Crippen LogP contribution is 2.20. The van der Waals surface area contributed by atoms with Crippen molar-refractivity contribution in [1.29, 1.82) is 0 Å². The second kappa shape index (κ2) is 6.11. The van der Waals surface area contributed by atoms with Crippen molar-refractivity contribution in [1.82, 2.24) is 0 Å². The lowest BCUT2D eigenvalue weighted by atomic mass is 9.97. The van der Waals surface area contributed by atoms with Gasteiger partial charge < -0.3 is 5.73 Å². The van der Waals surface area contributed by atoms with Gasteiger partial charge in [-0.25, -0.2) is 4.39 Å². The third-order valence-corrected chi connectivity index (χ3v) is 3.27. The van der Waals surface area contributed by atoms with Gasteiger partial charge in [-0.2, -0.15) is 0 Å². The number of nitrogens with two attached hydrogens (primary N) is 1. The Hall–Kier alpha value is -0.740. The summed E-state index contributed by atoms with van der Waals surface area (Å²) in [5.41, 5.74) is 6.21. The van der Waals surface area contributed by atoms with Gasteiger partial charge in [0.15, 0.2) is 0 Å². The van der Waals surface area contributed by atoms with Crippen LogP contribution in [0.25, 0.3) is 0 Å². The molecule has 88 valence electrons. The molecule has 0 aliphatic rings. The maximum absolute atomic E-state index is 12.8. The van der Waals surface area contributed by atoms with Crippen LogP contribution in [-0.4, -0.2) is 12.3 Å². The van der Waals surface area contributed by atoms with Crippen molar-refractivity contribution >= 4 is 21.7 Å². The highest BCUT2D eigenvalue weighted by Gasteiger charge is 2.14. The molecule has 1 rings (SSSR count). The number of Topliss-reactive ketones (excluding diaryl/α,β-unsaturated/α-hetero) is 1. The van der Waals surface area contributed by atoms with Crippen LogP contribution in [0.4, 0.5) is 4.39 Å². The molecule has 0 heterocycles. The van der Waals surface area contributed by atoms with Crippen LogP contribution in [-0.2, 0) is 11.2 Å². The quantitative estimate of drug-likeness (QED) is 0.905. The summed E-state index contributed by atoms with van der Waals surface area (Å²) in [6.07, 6.45) is 1.01. The lowest BCUT2D eigenvalue weighted by Gasteiger charge is -2.09. The van der Waals surface area contributed by atoms with E-state index in [9.17, 15) is 9.18 Å². The molecule has 0 saturated carbocycles. The first-order valence-corrected chi connectivity index (χ1v) is 6.00. The number of hydrogen-bond donors (Lipinski definition) is 1. The average Bonchev–Trinajstić information content (AvgIpc) is 2.22. The third-order valence-electron chi connectivity index (χ3n) is 2.53. The van der Waals surface area contributed by atoms with Crippen molar-refractivity contribution < 1.29 is 9.18 Å². The van der Waals surface area contributed by atoms with Crippen LogP contribution in [0.15, 0.2) is 22.7 Å². The summed E-state index contributed by atoms with van der Waals surface area (Å²) in [6, 6.07) is 4.36. The van der Waals surface area contributed by atoms with Crippen LogP contribution < -0.4 is 5.73 Å². The van der Waals surface area contributed by atoms with Crippen molar-refractivity contribution in [2.45, 2.75) is 19.8 Å². The third kappa shape index (κ3) is 3.68. The normalized spacial score (nSPS) is 12.5.